The van der Waals surface area contributed by atoms with Crippen LogP contribution in [0.2, 0.25) is 0 Å². The Morgan fingerprint density at radius 1 is 1.31 bits per heavy atom. The maximum Gasteiger partial charge on any atom is 1.00 e. The van der Waals surface area contributed by atoms with Crippen molar-refractivity contribution in [2.75, 3.05) is 0 Å². The maximum atomic E-state index is 10.5. The van der Waals surface area contributed by atoms with Crippen molar-refractivity contribution in [3.8, 4) is 0 Å². The van der Waals surface area contributed by atoms with Crippen LogP contribution in [0, 0.1) is 6.61 Å². The average molecular weight is 262 g/mol. The van der Waals surface area contributed by atoms with Crippen molar-refractivity contribution in [2.45, 2.75) is 5.44 Å². The Hall–Kier alpha value is 0.920. The standard InChI is InChI=1S/C8H9O5S.2Na/c9-5-6-2-1-3-7(4-6)8(10)14(11,12)13;;/h1-5,8-10H,(H,11,12,13);;/q-1;2*+1/p-1. The number of benzene rings is 1. The van der Waals surface area contributed by atoms with Gasteiger partial charge in [-0.3, -0.25) is 0 Å². The van der Waals surface area contributed by atoms with E-state index in [2.05, 4.69) is 0 Å². The van der Waals surface area contributed by atoms with Gasteiger partial charge >= 0.3 is 59.1 Å². The molecule has 0 saturated carbocycles. The van der Waals surface area contributed by atoms with E-state index in [0.717, 1.165) is 6.61 Å². The maximum absolute atomic E-state index is 10.5. The summed E-state index contributed by atoms with van der Waals surface area (Å²) in [5, 5.41) is 17.7. The molecule has 5 nitrogen and oxygen atoms in total. The molecule has 0 fully saturated rings. The third kappa shape index (κ3) is 5.50. The Morgan fingerprint density at radius 2 is 1.88 bits per heavy atom. The third-order valence-electron chi connectivity index (χ3n) is 1.62. The molecule has 1 unspecified atom stereocenters. The molecule has 0 radical (unpaired) electrons. The van der Waals surface area contributed by atoms with Crippen LogP contribution in [-0.4, -0.2) is 23.2 Å². The van der Waals surface area contributed by atoms with Gasteiger partial charge in [0.05, 0.1) is 0 Å². The zero-order chi connectivity index (χ0) is 10.8. The summed E-state index contributed by atoms with van der Waals surface area (Å²) in [5.41, 5.74) is -1.85. The molecule has 0 aromatic heterocycles. The first-order valence-electron chi connectivity index (χ1n) is 3.65. The Labute approximate surface area is 138 Å². The van der Waals surface area contributed by atoms with Crippen molar-refractivity contribution < 1.29 is 82.3 Å². The molecule has 8 heteroatoms. The topological polar surface area (TPSA) is 97.7 Å². The van der Waals surface area contributed by atoms with Gasteiger partial charge in [0, 0.05) is 0 Å². The van der Waals surface area contributed by atoms with Crippen LogP contribution in [-0.2, 0) is 10.1 Å². The van der Waals surface area contributed by atoms with Gasteiger partial charge in [-0.25, -0.2) is 8.42 Å². The van der Waals surface area contributed by atoms with E-state index >= 15 is 0 Å². The summed E-state index contributed by atoms with van der Waals surface area (Å²) in [6.07, 6.45) is 0. The van der Waals surface area contributed by atoms with E-state index in [1.807, 2.05) is 0 Å². The first-order valence-corrected chi connectivity index (χ1v) is 5.12. The number of aliphatic hydroxyl groups excluding tert-OH is 2. The molecule has 1 rings (SSSR count). The number of hydrogen-bond donors (Lipinski definition) is 2. The fraction of sp³-hybridized carbons (Fsp3) is 0.125. The number of rotatable bonds is 3. The zero-order valence-electron chi connectivity index (χ0n) is 8.99. The normalized spacial score (nSPS) is 11.9. The number of hydrogen-bond acceptors (Lipinski definition) is 5. The Kier molecular flexibility index (Phi) is 9.75. The first-order chi connectivity index (χ1) is 6.45. The van der Waals surface area contributed by atoms with Gasteiger partial charge in [-0.1, -0.05) is 18.2 Å². The molecule has 2 N–H and O–H groups in total. The van der Waals surface area contributed by atoms with Crippen molar-refractivity contribution in [1.29, 1.82) is 0 Å². The van der Waals surface area contributed by atoms with Crippen molar-refractivity contribution in [1.82, 2.24) is 0 Å². The van der Waals surface area contributed by atoms with Gasteiger partial charge in [0.25, 0.3) is 0 Å². The van der Waals surface area contributed by atoms with Gasteiger partial charge < -0.3 is 14.8 Å². The van der Waals surface area contributed by atoms with Crippen LogP contribution in [0.3, 0.4) is 0 Å². The van der Waals surface area contributed by atoms with E-state index in [-0.39, 0.29) is 64.7 Å². The summed E-state index contributed by atoms with van der Waals surface area (Å²) >= 11 is 0. The predicted octanol–water partition coefficient (Wildman–Crippen LogP) is -5.89. The van der Waals surface area contributed by atoms with E-state index in [1.54, 1.807) is 0 Å². The minimum absolute atomic E-state index is 0. The Bertz CT molecular complexity index is 420. The average Bonchev–Trinajstić information content (AvgIpc) is 2.15. The molecular weight excluding hydrogens is 254 g/mol. The Morgan fingerprint density at radius 3 is 2.31 bits per heavy atom. The molecule has 1 aromatic rings. The molecule has 0 aliphatic rings. The molecule has 0 bridgehead atoms. The predicted molar refractivity (Wildman–Crippen MR) is 46.4 cm³/mol. The van der Waals surface area contributed by atoms with Crippen LogP contribution < -0.4 is 59.1 Å². The second-order valence-electron chi connectivity index (χ2n) is 2.64. The van der Waals surface area contributed by atoms with Crippen LogP contribution >= 0.6 is 0 Å². The SMILES string of the molecule is O=S(=O)([O-])C(O)c1cccc([CH-]O)c1.[Na+].[Na+]. The second-order valence-corrected chi connectivity index (χ2v) is 4.08. The van der Waals surface area contributed by atoms with E-state index < -0.39 is 15.6 Å². The summed E-state index contributed by atoms with van der Waals surface area (Å²) in [5.74, 6) is 0. The van der Waals surface area contributed by atoms with Gasteiger partial charge in [-0.15, -0.1) is 6.07 Å². The van der Waals surface area contributed by atoms with Crippen molar-refractivity contribution in [2.24, 2.45) is 0 Å². The monoisotopic (exact) mass is 262 g/mol. The Balaban J connectivity index is 0. The minimum Gasteiger partial charge on any atom is -0.746 e. The molecule has 0 amide bonds. The molecule has 0 spiro atoms. The van der Waals surface area contributed by atoms with Crippen LogP contribution in [0.15, 0.2) is 24.3 Å². The van der Waals surface area contributed by atoms with Crippen LogP contribution in [0.1, 0.15) is 16.6 Å². The molecule has 0 heterocycles. The fourth-order valence-corrected chi connectivity index (χ4v) is 1.44. The van der Waals surface area contributed by atoms with Crippen molar-refractivity contribution in [3.05, 3.63) is 42.0 Å². The molecule has 16 heavy (non-hydrogen) atoms. The molecule has 0 aliphatic heterocycles. The second kappa shape index (κ2) is 8.10. The molecule has 78 valence electrons. The number of aliphatic hydroxyl groups is 2. The van der Waals surface area contributed by atoms with Gasteiger partial charge in [0.1, 0.15) is 10.1 Å². The van der Waals surface area contributed by atoms with E-state index in [1.165, 1.54) is 24.3 Å². The van der Waals surface area contributed by atoms with E-state index in [0.29, 0.717) is 5.56 Å². The molecule has 0 aliphatic carbocycles. The summed E-state index contributed by atoms with van der Waals surface area (Å²) in [4.78, 5) is 0. The van der Waals surface area contributed by atoms with Gasteiger partial charge in [0.15, 0.2) is 5.44 Å². The zero-order valence-corrected chi connectivity index (χ0v) is 13.8. The van der Waals surface area contributed by atoms with Crippen molar-refractivity contribution >= 4 is 10.1 Å². The van der Waals surface area contributed by atoms with Gasteiger partial charge in [-0.05, 0) is 0 Å². The minimum atomic E-state index is -4.77. The first kappa shape index (κ1) is 19.3. The molecule has 0 saturated heterocycles. The smallest absolute Gasteiger partial charge is 0.746 e. The summed E-state index contributed by atoms with van der Waals surface area (Å²) in [7, 11) is -4.77. The van der Waals surface area contributed by atoms with Crippen LogP contribution in [0.25, 0.3) is 0 Å². The van der Waals surface area contributed by atoms with E-state index in [4.69, 9.17) is 10.2 Å². The summed E-state index contributed by atoms with van der Waals surface area (Å²) in [6.45, 7) is 0.744. The van der Waals surface area contributed by atoms with Gasteiger partial charge in [0.2, 0.25) is 0 Å². The summed E-state index contributed by atoms with van der Waals surface area (Å²) in [6, 6.07) is 5.41. The van der Waals surface area contributed by atoms with Gasteiger partial charge in [-0.2, -0.15) is 17.7 Å². The third-order valence-corrected chi connectivity index (χ3v) is 2.44. The summed E-state index contributed by atoms with van der Waals surface area (Å²) < 4.78 is 31.4. The van der Waals surface area contributed by atoms with E-state index in [9.17, 15) is 13.0 Å². The molecule has 1 aromatic carbocycles. The largest absolute Gasteiger partial charge is 1.00 e. The fourth-order valence-electron chi connectivity index (χ4n) is 0.960. The molecule has 1 atom stereocenters. The quantitative estimate of drug-likeness (QED) is 0.321. The van der Waals surface area contributed by atoms with Crippen LogP contribution in [0.4, 0.5) is 0 Å². The van der Waals surface area contributed by atoms with Crippen molar-refractivity contribution in [3.63, 3.8) is 0 Å². The molecular formula is C8H8Na2O5S. The van der Waals surface area contributed by atoms with Crippen LogP contribution in [0.5, 0.6) is 0 Å².